The largest absolute Gasteiger partial charge is 0.493 e. The first-order valence-electron chi connectivity index (χ1n) is 4.85. The smallest absolute Gasteiger partial charge is 0.311 e. The van der Waals surface area contributed by atoms with Gasteiger partial charge in [-0.2, -0.15) is 0 Å². The van der Waals surface area contributed by atoms with E-state index in [1.807, 2.05) is 0 Å². The molecular formula is C11H14NO4. The second-order valence-corrected chi connectivity index (χ2v) is 3.33. The van der Waals surface area contributed by atoms with E-state index in [9.17, 15) is 4.79 Å². The van der Waals surface area contributed by atoms with Crippen molar-refractivity contribution in [2.24, 2.45) is 5.92 Å². The summed E-state index contributed by atoms with van der Waals surface area (Å²) in [6.07, 6.45) is 4.14. The van der Waals surface area contributed by atoms with E-state index in [4.69, 9.17) is 14.2 Å². The normalized spacial score (nSPS) is 10.0. The quantitative estimate of drug-likeness (QED) is 0.559. The molecule has 1 aromatic rings. The molecule has 1 heterocycles. The van der Waals surface area contributed by atoms with E-state index >= 15 is 0 Å². The van der Waals surface area contributed by atoms with Gasteiger partial charge in [0.15, 0.2) is 11.5 Å². The highest BCUT2D eigenvalue weighted by atomic mass is 16.7. The standard InChI is InChI=1S/C11H14NO4/c1-8(2)11(13)16-7-15-10-6-12-5-4-9(10)14-3/h4-5,8H,7H2,1-3H3. The van der Waals surface area contributed by atoms with Crippen LogP contribution in [0.4, 0.5) is 0 Å². The van der Waals surface area contributed by atoms with Crippen molar-refractivity contribution >= 4 is 5.97 Å². The number of methoxy groups -OCH3 is 1. The summed E-state index contributed by atoms with van der Waals surface area (Å²) in [5.74, 6) is 0.323. The molecule has 0 aliphatic carbocycles. The Morgan fingerprint density at radius 1 is 1.56 bits per heavy atom. The first-order valence-corrected chi connectivity index (χ1v) is 4.85. The molecule has 87 valence electrons. The molecule has 0 N–H and O–H groups in total. The highest BCUT2D eigenvalue weighted by Gasteiger charge is 2.09. The fraction of sp³-hybridized carbons (Fsp3) is 0.455. The topological polar surface area (TPSA) is 57.6 Å². The van der Waals surface area contributed by atoms with Crippen LogP contribution in [0.5, 0.6) is 11.5 Å². The average molecular weight is 224 g/mol. The van der Waals surface area contributed by atoms with Crippen LogP contribution in [-0.4, -0.2) is 24.9 Å². The molecule has 0 aliphatic rings. The van der Waals surface area contributed by atoms with Crippen LogP contribution in [0.15, 0.2) is 12.3 Å². The molecule has 0 aliphatic heterocycles. The molecule has 0 atom stereocenters. The molecule has 1 rings (SSSR count). The zero-order valence-electron chi connectivity index (χ0n) is 9.52. The molecule has 5 nitrogen and oxygen atoms in total. The second kappa shape index (κ2) is 5.95. The van der Waals surface area contributed by atoms with Crippen molar-refractivity contribution in [1.82, 2.24) is 4.98 Å². The van der Waals surface area contributed by atoms with Crippen molar-refractivity contribution in [2.45, 2.75) is 13.8 Å². The number of hydrogen-bond donors (Lipinski definition) is 0. The number of nitrogens with zero attached hydrogens (tertiary/aromatic N) is 1. The number of ether oxygens (including phenoxy) is 3. The summed E-state index contributed by atoms with van der Waals surface area (Å²) in [5, 5.41) is 0. The van der Waals surface area contributed by atoms with Crippen LogP contribution in [0, 0.1) is 12.1 Å². The molecular weight excluding hydrogens is 210 g/mol. The van der Waals surface area contributed by atoms with E-state index in [2.05, 4.69) is 11.2 Å². The first kappa shape index (κ1) is 12.3. The lowest BCUT2D eigenvalue weighted by atomic mass is 10.2. The lowest BCUT2D eigenvalue weighted by Crippen LogP contribution is -2.15. The van der Waals surface area contributed by atoms with Gasteiger partial charge in [-0.1, -0.05) is 13.8 Å². The average Bonchev–Trinajstić information content (AvgIpc) is 2.29. The number of hydrogen-bond acceptors (Lipinski definition) is 5. The molecule has 1 radical (unpaired) electrons. The van der Waals surface area contributed by atoms with Crippen molar-refractivity contribution in [2.75, 3.05) is 13.9 Å². The number of esters is 1. The molecule has 0 saturated carbocycles. The number of rotatable bonds is 5. The summed E-state index contributed by atoms with van der Waals surface area (Å²) < 4.78 is 15.0. The third-order valence-corrected chi connectivity index (χ3v) is 1.79. The summed E-state index contributed by atoms with van der Waals surface area (Å²) in [4.78, 5) is 14.9. The Kier molecular flexibility index (Phi) is 4.57. The van der Waals surface area contributed by atoms with Gasteiger partial charge in [-0.3, -0.25) is 9.78 Å². The van der Waals surface area contributed by atoms with E-state index in [-0.39, 0.29) is 18.7 Å². The van der Waals surface area contributed by atoms with Crippen LogP contribution in [0.3, 0.4) is 0 Å². The zero-order valence-corrected chi connectivity index (χ0v) is 9.52. The maximum atomic E-state index is 11.1. The molecule has 0 amide bonds. The van der Waals surface area contributed by atoms with Crippen molar-refractivity contribution in [1.29, 1.82) is 0 Å². The lowest BCUT2D eigenvalue weighted by Gasteiger charge is -2.10. The van der Waals surface area contributed by atoms with E-state index < -0.39 is 0 Å². The highest BCUT2D eigenvalue weighted by Crippen LogP contribution is 2.23. The van der Waals surface area contributed by atoms with Gasteiger partial charge in [0.25, 0.3) is 0 Å². The van der Waals surface area contributed by atoms with Crippen LogP contribution in [0.2, 0.25) is 0 Å². The van der Waals surface area contributed by atoms with Crippen LogP contribution in [0.25, 0.3) is 0 Å². The maximum absolute atomic E-state index is 11.1. The third kappa shape index (κ3) is 3.42. The second-order valence-electron chi connectivity index (χ2n) is 3.33. The summed E-state index contributed by atoms with van der Waals surface area (Å²) >= 11 is 0. The summed E-state index contributed by atoms with van der Waals surface area (Å²) in [6.45, 7) is 3.33. The molecule has 0 bridgehead atoms. The maximum Gasteiger partial charge on any atom is 0.311 e. The Morgan fingerprint density at radius 2 is 2.31 bits per heavy atom. The van der Waals surface area contributed by atoms with Gasteiger partial charge in [-0.25, -0.2) is 0 Å². The van der Waals surface area contributed by atoms with Gasteiger partial charge in [0, 0.05) is 12.3 Å². The summed E-state index contributed by atoms with van der Waals surface area (Å²) in [6, 6.07) is 1.64. The van der Waals surface area contributed by atoms with Gasteiger partial charge in [0.1, 0.15) is 6.20 Å². The van der Waals surface area contributed by atoms with E-state index in [0.717, 1.165) is 0 Å². The third-order valence-electron chi connectivity index (χ3n) is 1.79. The minimum absolute atomic E-state index is 0.171. The van der Waals surface area contributed by atoms with E-state index in [0.29, 0.717) is 11.5 Å². The van der Waals surface area contributed by atoms with Crippen molar-refractivity contribution < 1.29 is 19.0 Å². The molecule has 1 aromatic heterocycles. The van der Waals surface area contributed by atoms with Crippen LogP contribution < -0.4 is 9.47 Å². The molecule has 5 heteroatoms. The summed E-state index contributed by atoms with van der Waals surface area (Å²) in [5.41, 5.74) is 0. The van der Waals surface area contributed by atoms with Crippen molar-refractivity contribution in [3.63, 3.8) is 0 Å². The van der Waals surface area contributed by atoms with Gasteiger partial charge >= 0.3 is 5.97 Å². The number of carbonyl (C=O) groups excluding carboxylic acids is 1. The molecule has 16 heavy (non-hydrogen) atoms. The Morgan fingerprint density at radius 3 is 2.94 bits per heavy atom. The van der Waals surface area contributed by atoms with Gasteiger partial charge in [-0.05, 0) is 0 Å². The predicted octanol–water partition coefficient (Wildman–Crippen LogP) is 1.43. The van der Waals surface area contributed by atoms with Gasteiger partial charge in [-0.15, -0.1) is 0 Å². The van der Waals surface area contributed by atoms with Crippen LogP contribution >= 0.6 is 0 Å². The van der Waals surface area contributed by atoms with Crippen molar-refractivity contribution in [3.8, 4) is 11.5 Å². The molecule has 0 saturated heterocycles. The molecule has 0 aromatic carbocycles. The van der Waals surface area contributed by atoms with Gasteiger partial charge < -0.3 is 14.2 Å². The fourth-order valence-electron chi connectivity index (χ4n) is 0.909. The fourth-order valence-corrected chi connectivity index (χ4v) is 0.909. The minimum Gasteiger partial charge on any atom is -0.493 e. The SMILES string of the molecule is COc1ccn[c]c1OCOC(=O)C(C)C. The zero-order chi connectivity index (χ0) is 12.0. The monoisotopic (exact) mass is 224 g/mol. The Labute approximate surface area is 94.3 Å². The predicted molar refractivity (Wildman–Crippen MR) is 56.1 cm³/mol. The van der Waals surface area contributed by atoms with Crippen LogP contribution in [0.1, 0.15) is 13.8 Å². The summed E-state index contributed by atoms with van der Waals surface area (Å²) in [7, 11) is 1.51. The minimum atomic E-state index is -0.317. The van der Waals surface area contributed by atoms with Crippen LogP contribution in [-0.2, 0) is 9.53 Å². The molecule has 0 fully saturated rings. The van der Waals surface area contributed by atoms with E-state index in [1.54, 1.807) is 19.9 Å². The van der Waals surface area contributed by atoms with Gasteiger partial charge in [0.2, 0.25) is 6.79 Å². The Hall–Kier alpha value is -1.78. The lowest BCUT2D eigenvalue weighted by molar-refractivity contribution is -0.154. The molecule has 0 spiro atoms. The Balaban J connectivity index is 2.45. The van der Waals surface area contributed by atoms with Crippen molar-refractivity contribution in [3.05, 3.63) is 18.5 Å². The molecule has 0 unspecified atom stereocenters. The van der Waals surface area contributed by atoms with E-state index in [1.165, 1.54) is 13.3 Å². The number of carbonyl (C=O) groups is 1. The highest BCUT2D eigenvalue weighted by molar-refractivity contribution is 5.71. The number of aromatic nitrogens is 1. The Bertz CT molecular complexity index is 352. The number of pyridine rings is 1. The van der Waals surface area contributed by atoms with Gasteiger partial charge in [0.05, 0.1) is 13.0 Å². The first-order chi connectivity index (χ1) is 7.65.